The Hall–Kier alpha value is -2.17. The SMILES string of the molecule is O=C(O)CCCc1nc2ccccc2n1C(=O)C1CC1. The summed E-state index contributed by atoms with van der Waals surface area (Å²) in [5, 5.41) is 8.71. The fourth-order valence-corrected chi connectivity index (χ4v) is 2.40. The van der Waals surface area contributed by atoms with E-state index >= 15 is 0 Å². The maximum Gasteiger partial charge on any atom is 0.303 e. The van der Waals surface area contributed by atoms with Crippen molar-refractivity contribution in [3.63, 3.8) is 0 Å². The van der Waals surface area contributed by atoms with E-state index in [1.807, 2.05) is 24.3 Å². The third-order valence-corrected chi connectivity index (χ3v) is 3.57. The molecule has 0 radical (unpaired) electrons. The molecule has 0 bridgehead atoms. The summed E-state index contributed by atoms with van der Waals surface area (Å²) in [6.45, 7) is 0. The van der Waals surface area contributed by atoms with Gasteiger partial charge < -0.3 is 5.11 Å². The molecule has 1 aliphatic carbocycles. The van der Waals surface area contributed by atoms with E-state index in [9.17, 15) is 9.59 Å². The number of carboxylic acid groups (broad SMARTS) is 1. The van der Waals surface area contributed by atoms with Gasteiger partial charge in [-0.05, 0) is 31.4 Å². The average Bonchev–Trinajstić information content (AvgIpc) is 3.19. The fourth-order valence-electron chi connectivity index (χ4n) is 2.40. The number of carbonyl (C=O) groups excluding carboxylic acids is 1. The predicted octanol–water partition coefficient (Wildman–Crippen LogP) is 2.49. The molecule has 0 unspecified atom stereocenters. The molecule has 5 nitrogen and oxygen atoms in total. The molecule has 0 aliphatic heterocycles. The van der Waals surface area contributed by atoms with Gasteiger partial charge in [0.05, 0.1) is 11.0 Å². The first-order chi connectivity index (χ1) is 9.66. The van der Waals surface area contributed by atoms with Crippen LogP contribution in [0.4, 0.5) is 0 Å². The number of imidazole rings is 1. The second-order valence-electron chi connectivity index (χ2n) is 5.21. The van der Waals surface area contributed by atoms with Gasteiger partial charge in [0.25, 0.3) is 0 Å². The van der Waals surface area contributed by atoms with Crippen LogP contribution >= 0.6 is 0 Å². The summed E-state index contributed by atoms with van der Waals surface area (Å²) in [5.41, 5.74) is 1.63. The van der Waals surface area contributed by atoms with Gasteiger partial charge in [0.1, 0.15) is 5.82 Å². The van der Waals surface area contributed by atoms with Gasteiger partial charge in [-0.25, -0.2) is 4.98 Å². The highest BCUT2D eigenvalue weighted by molar-refractivity contribution is 5.93. The van der Waals surface area contributed by atoms with Crippen LogP contribution in [0, 0.1) is 5.92 Å². The van der Waals surface area contributed by atoms with Crippen molar-refractivity contribution < 1.29 is 14.7 Å². The van der Waals surface area contributed by atoms with E-state index in [0.717, 1.165) is 23.9 Å². The zero-order valence-corrected chi connectivity index (χ0v) is 11.1. The van der Waals surface area contributed by atoms with Gasteiger partial charge in [0.15, 0.2) is 0 Å². The van der Waals surface area contributed by atoms with Gasteiger partial charge in [0, 0.05) is 18.8 Å². The van der Waals surface area contributed by atoms with Gasteiger partial charge in [-0.15, -0.1) is 0 Å². The number of fused-ring (bicyclic) bond motifs is 1. The zero-order chi connectivity index (χ0) is 14.1. The van der Waals surface area contributed by atoms with Gasteiger partial charge in [-0.2, -0.15) is 0 Å². The van der Waals surface area contributed by atoms with E-state index in [1.54, 1.807) is 4.57 Å². The van der Waals surface area contributed by atoms with Crippen molar-refractivity contribution in [1.29, 1.82) is 0 Å². The largest absolute Gasteiger partial charge is 0.481 e. The third kappa shape index (κ3) is 2.43. The standard InChI is InChI=1S/C15H16N2O3/c18-14(19)7-3-6-13-16-11-4-1-2-5-12(11)17(13)15(20)10-8-9-10/h1-2,4-5,10H,3,6-9H2,(H,18,19). The Kier molecular flexibility index (Phi) is 3.26. The summed E-state index contributed by atoms with van der Waals surface area (Å²) in [5.74, 6) is 0.0837. The number of aromatic nitrogens is 2. The molecule has 1 fully saturated rings. The highest BCUT2D eigenvalue weighted by Crippen LogP contribution is 2.32. The van der Waals surface area contributed by atoms with Crippen molar-refractivity contribution in [1.82, 2.24) is 9.55 Å². The fraction of sp³-hybridized carbons (Fsp3) is 0.400. The molecule has 1 aromatic carbocycles. The Bertz CT molecular complexity index is 671. The number of aryl methyl sites for hydroxylation is 1. The van der Waals surface area contributed by atoms with E-state index in [0.29, 0.717) is 18.7 Å². The molecule has 0 spiro atoms. The first-order valence-corrected chi connectivity index (χ1v) is 6.89. The monoisotopic (exact) mass is 272 g/mol. The number of carboxylic acids is 1. The smallest absolute Gasteiger partial charge is 0.303 e. The van der Waals surface area contributed by atoms with Crippen LogP contribution in [0.3, 0.4) is 0 Å². The lowest BCUT2D eigenvalue weighted by atomic mass is 10.2. The first-order valence-electron chi connectivity index (χ1n) is 6.89. The van der Waals surface area contributed by atoms with Crippen molar-refractivity contribution in [2.45, 2.75) is 32.1 Å². The number of carbonyl (C=O) groups is 2. The second kappa shape index (κ2) is 5.07. The highest BCUT2D eigenvalue weighted by atomic mass is 16.4. The average molecular weight is 272 g/mol. The van der Waals surface area contributed by atoms with E-state index < -0.39 is 5.97 Å². The predicted molar refractivity (Wildman–Crippen MR) is 73.7 cm³/mol. The summed E-state index contributed by atoms with van der Waals surface area (Å²) in [6.07, 6.45) is 3.00. The lowest BCUT2D eigenvalue weighted by molar-refractivity contribution is -0.137. The molecule has 1 aliphatic rings. The minimum Gasteiger partial charge on any atom is -0.481 e. The summed E-state index contributed by atoms with van der Waals surface area (Å²) in [7, 11) is 0. The molecule has 1 aromatic heterocycles. The minimum atomic E-state index is -0.818. The number of nitrogens with zero attached hydrogens (tertiary/aromatic N) is 2. The molecule has 3 rings (SSSR count). The van der Waals surface area contributed by atoms with Crippen LogP contribution in [0.2, 0.25) is 0 Å². The lowest BCUT2D eigenvalue weighted by Crippen LogP contribution is -2.16. The molecule has 20 heavy (non-hydrogen) atoms. The van der Waals surface area contributed by atoms with Crippen molar-refractivity contribution in [2.24, 2.45) is 5.92 Å². The van der Waals surface area contributed by atoms with Crippen LogP contribution in [0.15, 0.2) is 24.3 Å². The summed E-state index contributed by atoms with van der Waals surface area (Å²) >= 11 is 0. The molecule has 1 saturated carbocycles. The molecular weight excluding hydrogens is 256 g/mol. The molecule has 1 N–H and O–H groups in total. The number of para-hydroxylation sites is 2. The Morgan fingerprint density at radius 1 is 1.30 bits per heavy atom. The molecule has 2 aromatic rings. The van der Waals surface area contributed by atoms with Crippen LogP contribution < -0.4 is 0 Å². The molecule has 104 valence electrons. The van der Waals surface area contributed by atoms with E-state index in [-0.39, 0.29) is 18.2 Å². The Morgan fingerprint density at radius 3 is 2.75 bits per heavy atom. The first kappa shape index (κ1) is 12.8. The molecule has 5 heteroatoms. The molecule has 0 saturated heterocycles. The summed E-state index contributed by atoms with van der Waals surface area (Å²) < 4.78 is 1.69. The quantitative estimate of drug-likeness (QED) is 0.907. The van der Waals surface area contributed by atoms with E-state index in [1.165, 1.54) is 0 Å². The van der Waals surface area contributed by atoms with E-state index in [2.05, 4.69) is 4.98 Å². The summed E-state index contributed by atoms with van der Waals surface area (Å²) in [4.78, 5) is 27.5. The number of benzene rings is 1. The van der Waals surface area contributed by atoms with Crippen LogP contribution in [-0.4, -0.2) is 26.5 Å². The number of hydrogen-bond acceptors (Lipinski definition) is 3. The minimum absolute atomic E-state index is 0.0980. The van der Waals surface area contributed by atoms with Crippen molar-refractivity contribution in [2.75, 3.05) is 0 Å². The van der Waals surface area contributed by atoms with Crippen LogP contribution in [0.5, 0.6) is 0 Å². The second-order valence-corrected chi connectivity index (χ2v) is 5.21. The van der Waals surface area contributed by atoms with E-state index in [4.69, 9.17) is 5.11 Å². The maximum atomic E-state index is 12.4. The Balaban J connectivity index is 1.94. The van der Waals surface area contributed by atoms with Gasteiger partial charge >= 0.3 is 5.97 Å². The zero-order valence-electron chi connectivity index (χ0n) is 11.1. The molecule has 0 atom stereocenters. The molecule has 1 heterocycles. The maximum absolute atomic E-state index is 12.4. The lowest BCUT2D eigenvalue weighted by Gasteiger charge is -2.06. The number of rotatable bonds is 5. The topological polar surface area (TPSA) is 72.2 Å². The Labute approximate surface area is 116 Å². The molecule has 0 amide bonds. The van der Waals surface area contributed by atoms with Crippen LogP contribution in [-0.2, 0) is 11.2 Å². The molecular formula is C15H16N2O3. The van der Waals surface area contributed by atoms with Crippen molar-refractivity contribution in [3.8, 4) is 0 Å². The number of aliphatic carboxylic acids is 1. The van der Waals surface area contributed by atoms with Gasteiger partial charge in [-0.3, -0.25) is 14.2 Å². The Morgan fingerprint density at radius 2 is 2.05 bits per heavy atom. The van der Waals surface area contributed by atoms with Crippen LogP contribution in [0.25, 0.3) is 11.0 Å². The highest BCUT2D eigenvalue weighted by Gasteiger charge is 2.33. The van der Waals surface area contributed by atoms with Crippen molar-refractivity contribution in [3.05, 3.63) is 30.1 Å². The summed E-state index contributed by atoms with van der Waals surface area (Å²) in [6, 6.07) is 7.56. The van der Waals surface area contributed by atoms with Crippen LogP contribution in [0.1, 0.15) is 36.3 Å². The van der Waals surface area contributed by atoms with Crippen molar-refractivity contribution >= 4 is 22.9 Å². The normalized spacial score (nSPS) is 14.6. The van der Waals surface area contributed by atoms with Gasteiger partial charge in [-0.1, -0.05) is 12.1 Å². The number of hydrogen-bond donors (Lipinski definition) is 1. The van der Waals surface area contributed by atoms with Gasteiger partial charge in [0.2, 0.25) is 5.91 Å². The third-order valence-electron chi connectivity index (χ3n) is 3.57.